The van der Waals surface area contributed by atoms with Crippen LogP contribution in [0.25, 0.3) is 10.9 Å². The van der Waals surface area contributed by atoms with Crippen LogP contribution in [0, 0.1) is 0 Å². The SMILES string of the molecule is COc1ccc(CN(C)C)cc1NC(=O)[C@H](NC(=O)N1CCC(O)(c2ccc(Cl)cc2)CC1)[C@@H](C)c1c[nH]c2ccccc12. The largest absolute Gasteiger partial charge is 0.495 e. The molecule has 1 aliphatic rings. The minimum Gasteiger partial charge on any atom is -0.495 e. The molecule has 2 atom stereocenters. The number of aromatic amines is 1. The average Bonchev–Trinajstić information content (AvgIpc) is 3.44. The van der Waals surface area contributed by atoms with Crippen molar-refractivity contribution in [3.05, 3.63) is 94.6 Å². The van der Waals surface area contributed by atoms with Crippen LogP contribution >= 0.6 is 11.6 Å². The number of hydrogen-bond acceptors (Lipinski definition) is 5. The highest BCUT2D eigenvalue weighted by molar-refractivity contribution is 6.30. The van der Waals surface area contributed by atoms with E-state index in [-0.39, 0.29) is 17.9 Å². The van der Waals surface area contributed by atoms with Crippen molar-refractivity contribution in [1.29, 1.82) is 0 Å². The first-order chi connectivity index (χ1) is 21.1. The molecule has 1 aromatic heterocycles. The van der Waals surface area contributed by atoms with E-state index >= 15 is 0 Å². The monoisotopic (exact) mass is 617 g/mol. The summed E-state index contributed by atoms with van der Waals surface area (Å²) >= 11 is 6.04. The van der Waals surface area contributed by atoms with E-state index in [1.54, 1.807) is 24.1 Å². The number of anilines is 1. The van der Waals surface area contributed by atoms with Gasteiger partial charge in [0.2, 0.25) is 5.91 Å². The number of likely N-dealkylation sites (tertiary alicyclic amines) is 1. The van der Waals surface area contributed by atoms with Crippen LogP contribution < -0.4 is 15.4 Å². The fourth-order valence-corrected chi connectivity index (χ4v) is 6.07. The lowest BCUT2D eigenvalue weighted by Crippen LogP contribution is -2.54. The van der Waals surface area contributed by atoms with Crippen molar-refractivity contribution in [2.75, 3.05) is 39.6 Å². The van der Waals surface area contributed by atoms with Crippen LogP contribution in [0.1, 0.15) is 42.4 Å². The number of piperidine rings is 1. The molecule has 0 aliphatic carbocycles. The number of rotatable bonds is 9. The van der Waals surface area contributed by atoms with E-state index in [1.165, 1.54) is 0 Å². The van der Waals surface area contributed by atoms with Crippen molar-refractivity contribution in [1.82, 2.24) is 20.1 Å². The number of nitrogens with one attached hydrogen (secondary N) is 3. The van der Waals surface area contributed by atoms with Gasteiger partial charge < -0.3 is 35.3 Å². The Kier molecular flexibility index (Phi) is 9.48. The Balaban J connectivity index is 1.38. The van der Waals surface area contributed by atoms with Gasteiger partial charge >= 0.3 is 6.03 Å². The van der Waals surface area contributed by atoms with Crippen molar-refractivity contribution in [3.63, 3.8) is 0 Å². The summed E-state index contributed by atoms with van der Waals surface area (Å²) in [5.41, 5.74) is 3.15. The molecular weight excluding hydrogens is 578 g/mol. The molecule has 10 heteroatoms. The maximum Gasteiger partial charge on any atom is 0.318 e. The van der Waals surface area contributed by atoms with E-state index in [9.17, 15) is 14.7 Å². The van der Waals surface area contributed by atoms with Gasteiger partial charge in [-0.25, -0.2) is 4.79 Å². The number of methoxy groups -OCH3 is 1. The summed E-state index contributed by atoms with van der Waals surface area (Å²) in [5, 5.41) is 19.0. The highest BCUT2D eigenvalue weighted by Crippen LogP contribution is 2.34. The molecule has 3 aromatic carbocycles. The summed E-state index contributed by atoms with van der Waals surface area (Å²) < 4.78 is 5.56. The van der Waals surface area contributed by atoms with E-state index < -0.39 is 11.6 Å². The average molecular weight is 618 g/mol. The number of benzene rings is 3. The minimum atomic E-state index is -1.05. The number of aliphatic hydroxyl groups is 1. The second-order valence-electron chi connectivity index (χ2n) is 11.8. The first-order valence-corrected chi connectivity index (χ1v) is 15.2. The minimum absolute atomic E-state index is 0.334. The molecule has 4 N–H and O–H groups in total. The maximum absolute atomic E-state index is 14.0. The molecule has 0 bridgehead atoms. The molecule has 0 saturated carbocycles. The maximum atomic E-state index is 14.0. The normalized spacial score (nSPS) is 16.0. The number of hydrogen-bond donors (Lipinski definition) is 4. The highest BCUT2D eigenvalue weighted by Gasteiger charge is 2.37. The molecule has 0 spiro atoms. The number of para-hydroxylation sites is 1. The lowest BCUT2D eigenvalue weighted by Gasteiger charge is -2.39. The van der Waals surface area contributed by atoms with E-state index in [0.717, 1.165) is 27.6 Å². The van der Waals surface area contributed by atoms with Crippen molar-refractivity contribution >= 4 is 40.1 Å². The molecule has 232 valence electrons. The van der Waals surface area contributed by atoms with Gasteiger partial charge in [0.15, 0.2) is 0 Å². The van der Waals surface area contributed by atoms with Crippen molar-refractivity contribution < 1.29 is 19.4 Å². The molecule has 1 aliphatic heterocycles. The second-order valence-corrected chi connectivity index (χ2v) is 12.2. The molecule has 5 rings (SSSR count). The molecular formula is C34H40ClN5O4. The van der Waals surface area contributed by atoms with Crippen LogP contribution in [0.3, 0.4) is 0 Å². The second kappa shape index (κ2) is 13.3. The van der Waals surface area contributed by atoms with Gasteiger partial charge in [0.25, 0.3) is 0 Å². The zero-order valence-corrected chi connectivity index (χ0v) is 26.3. The fraction of sp³-hybridized carbons (Fsp3) is 0.353. The molecule has 1 fully saturated rings. The molecule has 2 heterocycles. The first-order valence-electron chi connectivity index (χ1n) is 14.8. The predicted octanol–water partition coefficient (Wildman–Crippen LogP) is 5.70. The number of amides is 3. The predicted molar refractivity (Wildman–Crippen MR) is 174 cm³/mol. The molecule has 4 aromatic rings. The number of aromatic nitrogens is 1. The highest BCUT2D eigenvalue weighted by atomic mass is 35.5. The molecule has 9 nitrogen and oxygen atoms in total. The van der Waals surface area contributed by atoms with Gasteiger partial charge in [-0.05, 0) is 74.0 Å². The van der Waals surface area contributed by atoms with Gasteiger partial charge in [-0.15, -0.1) is 0 Å². The molecule has 0 radical (unpaired) electrons. The Hall–Kier alpha value is -4.05. The third-order valence-corrected chi connectivity index (χ3v) is 8.71. The first kappa shape index (κ1) is 31.4. The number of nitrogens with zero attached hydrogens (tertiary/aromatic N) is 2. The molecule has 3 amide bonds. The Morgan fingerprint density at radius 3 is 2.48 bits per heavy atom. The zero-order chi connectivity index (χ0) is 31.4. The standard InChI is InChI=1S/C34H40ClN5O4/c1-22(27-20-36-28-8-6-5-7-26(27)28)31(32(41)37-29-19-23(21-39(2)3)9-14-30(29)44-4)38-33(42)40-17-15-34(43,16-18-40)24-10-12-25(35)13-11-24/h5-14,19-20,22,31,36,43H,15-18,21H2,1-4H3,(H,37,41)(H,38,42)/t22-,31+/m0/s1. The lowest BCUT2D eigenvalue weighted by atomic mass is 9.84. The zero-order valence-electron chi connectivity index (χ0n) is 25.6. The van der Waals surface area contributed by atoms with Gasteiger partial charge in [-0.1, -0.05) is 54.9 Å². The van der Waals surface area contributed by atoms with Gasteiger partial charge in [-0.3, -0.25) is 4.79 Å². The van der Waals surface area contributed by atoms with Crippen LogP contribution in [0.4, 0.5) is 10.5 Å². The summed E-state index contributed by atoms with van der Waals surface area (Å²) in [7, 11) is 5.52. The van der Waals surface area contributed by atoms with Gasteiger partial charge in [0, 0.05) is 47.7 Å². The lowest BCUT2D eigenvalue weighted by molar-refractivity contribution is -0.118. The number of carbonyl (C=O) groups excluding carboxylic acids is 2. The summed E-state index contributed by atoms with van der Waals surface area (Å²) in [6.45, 7) is 3.30. The number of carbonyl (C=O) groups is 2. The van der Waals surface area contributed by atoms with Crippen LogP contribution in [0.15, 0.2) is 72.9 Å². The summed E-state index contributed by atoms with van der Waals surface area (Å²) in [5.74, 6) is -0.198. The molecule has 0 unspecified atom stereocenters. The Bertz CT molecular complexity index is 1610. The van der Waals surface area contributed by atoms with Crippen LogP contribution in [-0.2, 0) is 16.9 Å². The topological polar surface area (TPSA) is 110 Å². The number of urea groups is 1. The smallest absolute Gasteiger partial charge is 0.318 e. The Morgan fingerprint density at radius 1 is 1.09 bits per heavy atom. The fourth-order valence-electron chi connectivity index (χ4n) is 5.95. The van der Waals surface area contributed by atoms with E-state index in [4.69, 9.17) is 16.3 Å². The van der Waals surface area contributed by atoms with Crippen molar-refractivity contribution in [2.45, 2.75) is 43.9 Å². The van der Waals surface area contributed by atoms with Crippen LogP contribution in [0.5, 0.6) is 5.75 Å². The molecule has 1 saturated heterocycles. The Labute approximate surface area is 263 Å². The molecule has 44 heavy (non-hydrogen) atoms. The van der Waals surface area contributed by atoms with Crippen molar-refractivity contribution in [3.8, 4) is 5.75 Å². The third-order valence-electron chi connectivity index (χ3n) is 8.45. The quantitative estimate of drug-likeness (QED) is 0.193. The summed E-state index contributed by atoms with van der Waals surface area (Å²) in [6.07, 6.45) is 2.63. The summed E-state index contributed by atoms with van der Waals surface area (Å²) in [6, 6.07) is 19.5. The van der Waals surface area contributed by atoms with Crippen LogP contribution in [-0.4, -0.2) is 72.2 Å². The Morgan fingerprint density at radius 2 is 1.80 bits per heavy atom. The van der Waals surface area contributed by atoms with Gasteiger partial charge in [0.05, 0.1) is 18.4 Å². The number of halogens is 1. The third kappa shape index (κ3) is 6.85. The van der Waals surface area contributed by atoms with Gasteiger partial charge in [-0.2, -0.15) is 0 Å². The number of H-pyrrole nitrogens is 1. The number of ether oxygens (including phenoxy) is 1. The van der Waals surface area contributed by atoms with E-state index in [1.807, 2.05) is 86.7 Å². The number of fused-ring (bicyclic) bond motifs is 1. The summed E-state index contributed by atoms with van der Waals surface area (Å²) in [4.78, 5) is 34.7. The van der Waals surface area contributed by atoms with Gasteiger partial charge in [0.1, 0.15) is 11.8 Å². The van der Waals surface area contributed by atoms with Crippen molar-refractivity contribution in [2.24, 2.45) is 0 Å². The van der Waals surface area contributed by atoms with Crippen LogP contribution in [0.2, 0.25) is 5.02 Å². The van der Waals surface area contributed by atoms with E-state index in [2.05, 4.69) is 15.6 Å². The van der Waals surface area contributed by atoms with E-state index in [0.29, 0.717) is 48.9 Å².